The predicted molar refractivity (Wildman–Crippen MR) is 108 cm³/mol. The van der Waals surface area contributed by atoms with Crippen LogP contribution < -0.4 is 5.56 Å². The number of hydrogen-bond acceptors (Lipinski definition) is 3. The molecular weight excluding hydrogens is 364 g/mol. The van der Waals surface area contributed by atoms with Crippen molar-refractivity contribution in [3.8, 4) is 5.69 Å². The topological polar surface area (TPSA) is 34.9 Å². The van der Waals surface area contributed by atoms with Gasteiger partial charge in [0.1, 0.15) is 5.82 Å². The van der Waals surface area contributed by atoms with Crippen LogP contribution in [0.5, 0.6) is 0 Å². The molecular formula is C21H15ClN2OS. The molecule has 0 fully saturated rings. The normalized spacial score (nSPS) is 11.0. The zero-order chi connectivity index (χ0) is 17.9. The maximum Gasteiger partial charge on any atom is 0.265 e. The van der Waals surface area contributed by atoms with Crippen molar-refractivity contribution in [2.75, 3.05) is 0 Å². The maximum atomic E-state index is 13.1. The summed E-state index contributed by atoms with van der Waals surface area (Å²) in [5.41, 5.74) is 1.48. The van der Waals surface area contributed by atoms with Gasteiger partial charge in [-0.15, -0.1) is 11.8 Å². The molecule has 26 heavy (non-hydrogen) atoms. The minimum Gasteiger partial charge on any atom is -0.268 e. The lowest BCUT2D eigenvalue weighted by Gasteiger charge is -2.13. The third-order valence-electron chi connectivity index (χ3n) is 4.02. The number of fused-ring (bicyclic) bond motifs is 1. The molecule has 0 aliphatic heterocycles. The van der Waals surface area contributed by atoms with Gasteiger partial charge in [-0.1, -0.05) is 48.0 Å². The summed E-state index contributed by atoms with van der Waals surface area (Å²) in [6.07, 6.45) is 0. The van der Waals surface area contributed by atoms with Crippen LogP contribution in [-0.2, 0) is 5.75 Å². The van der Waals surface area contributed by atoms with Gasteiger partial charge in [0.15, 0.2) is 0 Å². The van der Waals surface area contributed by atoms with Gasteiger partial charge in [0, 0.05) is 9.92 Å². The standard InChI is InChI=1S/C21H15ClN2OS/c22-15-7-6-10-17(13-15)26-14-20-23-19-12-5-4-11-18(19)21(25)24(20)16-8-2-1-3-9-16/h1-13H,14H2. The smallest absolute Gasteiger partial charge is 0.265 e. The zero-order valence-electron chi connectivity index (χ0n) is 13.8. The Morgan fingerprint density at radius 2 is 1.69 bits per heavy atom. The fourth-order valence-corrected chi connectivity index (χ4v) is 3.95. The van der Waals surface area contributed by atoms with Crippen LogP contribution in [0, 0.1) is 0 Å². The molecule has 3 nitrogen and oxygen atoms in total. The van der Waals surface area contributed by atoms with E-state index in [1.807, 2.05) is 78.9 Å². The van der Waals surface area contributed by atoms with Gasteiger partial charge >= 0.3 is 0 Å². The highest BCUT2D eigenvalue weighted by Crippen LogP contribution is 2.25. The molecule has 3 aromatic carbocycles. The van der Waals surface area contributed by atoms with Crippen LogP contribution in [0.3, 0.4) is 0 Å². The van der Waals surface area contributed by atoms with E-state index < -0.39 is 0 Å². The molecule has 0 saturated carbocycles. The Labute approximate surface area is 160 Å². The van der Waals surface area contributed by atoms with E-state index in [9.17, 15) is 4.79 Å². The molecule has 0 aliphatic carbocycles. The van der Waals surface area contributed by atoms with E-state index in [0.717, 1.165) is 10.6 Å². The first kappa shape index (κ1) is 16.9. The van der Waals surface area contributed by atoms with Crippen molar-refractivity contribution < 1.29 is 0 Å². The van der Waals surface area contributed by atoms with Crippen molar-refractivity contribution in [1.29, 1.82) is 0 Å². The van der Waals surface area contributed by atoms with Crippen LogP contribution in [0.2, 0.25) is 5.02 Å². The Bertz CT molecular complexity index is 1130. The Morgan fingerprint density at radius 3 is 2.50 bits per heavy atom. The Hall–Kier alpha value is -2.56. The number of halogens is 1. The summed E-state index contributed by atoms with van der Waals surface area (Å²) in [5, 5.41) is 1.31. The molecule has 0 saturated heterocycles. The van der Waals surface area contributed by atoms with E-state index in [4.69, 9.17) is 16.6 Å². The number of thioether (sulfide) groups is 1. The summed E-state index contributed by atoms with van der Waals surface area (Å²) in [6, 6.07) is 24.8. The van der Waals surface area contributed by atoms with Gasteiger partial charge in [0.25, 0.3) is 5.56 Å². The van der Waals surface area contributed by atoms with E-state index in [2.05, 4.69) is 0 Å². The van der Waals surface area contributed by atoms with E-state index >= 15 is 0 Å². The summed E-state index contributed by atoms with van der Waals surface area (Å²) in [4.78, 5) is 18.9. The van der Waals surface area contributed by atoms with Crippen LogP contribution in [-0.4, -0.2) is 9.55 Å². The maximum absolute atomic E-state index is 13.1. The van der Waals surface area contributed by atoms with Gasteiger partial charge < -0.3 is 0 Å². The molecule has 0 radical (unpaired) electrons. The minimum absolute atomic E-state index is 0.0523. The third kappa shape index (κ3) is 3.39. The molecule has 5 heteroatoms. The number of nitrogens with zero attached hydrogens (tertiary/aromatic N) is 2. The molecule has 0 N–H and O–H groups in total. The van der Waals surface area contributed by atoms with Gasteiger partial charge in [-0.05, 0) is 42.5 Å². The lowest BCUT2D eigenvalue weighted by molar-refractivity contribution is 0.884. The van der Waals surface area contributed by atoms with Gasteiger partial charge in [-0.25, -0.2) is 4.98 Å². The number of benzene rings is 3. The summed E-state index contributed by atoms with van der Waals surface area (Å²) in [6.45, 7) is 0. The molecule has 4 rings (SSSR count). The van der Waals surface area contributed by atoms with Crippen molar-refractivity contribution in [2.24, 2.45) is 0 Å². The van der Waals surface area contributed by atoms with Crippen LogP contribution in [0.15, 0.2) is 88.6 Å². The van der Waals surface area contributed by atoms with Crippen molar-refractivity contribution in [2.45, 2.75) is 10.6 Å². The zero-order valence-corrected chi connectivity index (χ0v) is 15.4. The second kappa shape index (κ2) is 7.36. The van der Waals surface area contributed by atoms with Gasteiger partial charge in [0.2, 0.25) is 0 Å². The van der Waals surface area contributed by atoms with Crippen LogP contribution >= 0.6 is 23.4 Å². The van der Waals surface area contributed by atoms with Gasteiger partial charge in [-0.3, -0.25) is 9.36 Å². The van der Waals surface area contributed by atoms with Gasteiger partial charge in [0.05, 0.1) is 22.3 Å². The minimum atomic E-state index is -0.0523. The summed E-state index contributed by atoms with van der Waals surface area (Å²) in [7, 11) is 0. The molecule has 0 spiro atoms. The first-order valence-electron chi connectivity index (χ1n) is 8.17. The van der Waals surface area contributed by atoms with Gasteiger partial charge in [-0.2, -0.15) is 0 Å². The average Bonchev–Trinajstić information content (AvgIpc) is 2.67. The van der Waals surface area contributed by atoms with E-state index in [1.165, 1.54) is 0 Å². The van der Waals surface area contributed by atoms with E-state index in [-0.39, 0.29) is 5.56 Å². The van der Waals surface area contributed by atoms with Crippen molar-refractivity contribution in [3.63, 3.8) is 0 Å². The summed E-state index contributed by atoms with van der Waals surface area (Å²) < 4.78 is 1.69. The van der Waals surface area contributed by atoms with Crippen LogP contribution in [0.4, 0.5) is 0 Å². The Balaban J connectivity index is 1.83. The monoisotopic (exact) mass is 378 g/mol. The third-order valence-corrected chi connectivity index (χ3v) is 5.25. The van der Waals surface area contributed by atoms with E-state index in [0.29, 0.717) is 27.5 Å². The first-order chi connectivity index (χ1) is 12.7. The Kier molecular flexibility index (Phi) is 4.78. The van der Waals surface area contributed by atoms with Crippen molar-refractivity contribution in [3.05, 3.63) is 100 Å². The van der Waals surface area contributed by atoms with E-state index in [1.54, 1.807) is 16.3 Å². The predicted octanol–water partition coefficient (Wildman–Crippen LogP) is 5.33. The molecule has 4 aromatic rings. The fraction of sp³-hybridized carbons (Fsp3) is 0.0476. The number of para-hydroxylation sites is 2. The lowest BCUT2D eigenvalue weighted by atomic mass is 10.2. The molecule has 0 aliphatic rings. The molecule has 0 amide bonds. The molecule has 1 aromatic heterocycles. The largest absolute Gasteiger partial charge is 0.268 e. The second-order valence-electron chi connectivity index (χ2n) is 5.77. The summed E-state index contributed by atoms with van der Waals surface area (Å²) in [5.74, 6) is 1.28. The van der Waals surface area contributed by atoms with Crippen LogP contribution in [0.25, 0.3) is 16.6 Å². The fourth-order valence-electron chi connectivity index (χ4n) is 2.82. The molecule has 0 bridgehead atoms. The molecule has 0 atom stereocenters. The quantitative estimate of drug-likeness (QED) is 0.450. The second-order valence-corrected chi connectivity index (χ2v) is 7.25. The highest BCUT2D eigenvalue weighted by Gasteiger charge is 2.12. The SMILES string of the molecule is O=c1c2ccccc2nc(CSc2cccc(Cl)c2)n1-c1ccccc1. The molecule has 128 valence electrons. The number of rotatable bonds is 4. The summed E-state index contributed by atoms with van der Waals surface area (Å²) >= 11 is 7.68. The molecule has 1 heterocycles. The average molecular weight is 379 g/mol. The number of hydrogen-bond donors (Lipinski definition) is 0. The number of aromatic nitrogens is 2. The van der Waals surface area contributed by atoms with Crippen molar-refractivity contribution >= 4 is 34.3 Å². The molecule has 0 unspecified atom stereocenters. The Morgan fingerprint density at radius 1 is 0.923 bits per heavy atom. The highest BCUT2D eigenvalue weighted by molar-refractivity contribution is 7.98. The first-order valence-corrected chi connectivity index (χ1v) is 9.53. The lowest BCUT2D eigenvalue weighted by Crippen LogP contribution is -2.23. The van der Waals surface area contributed by atoms with Crippen LogP contribution in [0.1, 0.15) is 5.82 Å². The highest BCUT2D eigenvalue weighted by atomic mass is 35.5. The van der Waals surface area contributed by atoms with Crippen molar-refractivity contribution in [1.82, 2.24) is 9.55 Å².